The highest BCUT2D eigenvalue weighted by atomic mass is 35.5. The van der Waals surface area contributed by atoms with Crippen LogP contribution in [0.4, 0.5) is 0 Å². The monoisotopic (exact) mass is 703 g/mol. The van der Waals surface area contributed by atoms with Crippen LogP contribution in [0, 0.1) is 50.2 Å². The van der Waals surface area contributed by atoms with Crippen LogP contribution in [0.5, 0.6) is 0 Å². The highest BCUT2D eigenvalue weighted by molar-refractivity contribution is 6.30. The first-order valence-electron chi connectivity index (χ1n) is 19.2. The number of allylic oxidation sites excluding steroid dienone is 2. The van der Waals surface area contributed by atoms with Crippen LogP contribution in [0.2, 0.25) is 5.02 Å². The van der Waals surface area contributed by atoms with Crippen LogP contribution in [0.1, 0.15) is 130 Å². The largest absolute Gasteiger partial charge is 0.481 e. The SMILES string of the molecule is CC1(C)CC[C@]2(C(=O)O)CC[C@]3(C)C(=CC[C@@H]4[C@@]5(C)CC[C@H](OC(=O)CCc6cn(Cc7ccc(Cl)cc7)nn6)C(C)(C)[C@@H]5CC[C@]43C)[C@@H]2C1. The van der Waals surface area contributed by atoms with Crippen molar-refractivity contribution >= 4 is 23.5 Å². The second-order valence-electron chi connectivity index (χ2n) is 19.0. The fourth-order valence-corrected chi connectivity index (χ4v) is 12.7. The molecule has 7 nitrogen and oxygen atoms in total. The van der Waals surface area contributed by atoms with Crippen molar-refractivity contribution in [3.8, 4) is 0 Å². The average molecular weight is 704 g/mol. The minimum absolute atomic E-state index is 0.00501. The number of aryl methyl sites for hydroxylation is 1. The molecule has 0 bridgehead atoms. The Labute approximate surface area is 304 Å². The van der Waals surface area contributed by atoms with Gasteiger partial charge in [0.2, 0.25) is 0 Å². The molecule has 1 heterocycles. The molecule has 1 N–H and O–H groups in total. The fraction of sp³-hybridized carbons (Fsp3) is 0.714. The van der Waals surface area contributed by atoms with Crippen LogP contribution in [0.3, 0.4) is 0 Å². The van der Waals surface area contributed by atoms with E-state index < -0.39 is 11.4 Å². The third-order valence-electron chi connectivity index (χ3n) is 15.7. The summed E-state index contributed by atoms with van der Waals surface area (Å²) in [7, 11) is 0. The molecule has 272 valence electrons. The van der Waals surface area contributed by atoms with Gasteiger partial charge in [0.05, 0.1) is 24.1 Å². The summed E-state index contributed by atoms with van der Waals surface area (Å²) in [6.45, 7) is 17.6. The molecule has 0 amide bonds. The molecule has 2 aromatic rings. The van der Waals surface area contributed by atoms with Crippen LogP contribution in [0.15, 0.2) is 42.1 Å². The molecular formula is C42H58ClN3O4. The van der Waals surface area contributed by atoms with Gasteiger partial charge in [0.25, 0.3) is 0 Å². The van der Waals surface area contributed by atoms with Gasteiger partial charge in [0.15, 0.2) is 0 Å². The molecule has 1 aromatic heterocycles. The Kier molecular flexibility index (Phi) is 8.72. The molecule has 8 atom stereocenters. The zero-order valence-corrected chi connectivity index (χ0v) is 32.1. The molecule has 5 aliphatic carbocycles. The van der Waals surface area contributed by atoms with Crippen LogP contribution in [0.25, 0.3) is 0 Å². The molecule has 0 spiro atoms. The van der Waals surface area contributed by atoms with Gasteiger partial charge in [-0.1, -0.05) is 89.1 Å². The van der Waals surface area contributed by atoms with Crippen molar-refractivity contribution in [3.05, 3.63) is 58.4 Å². The summed E-state index contributed by atoms with van der Waals surface area (Å²) in [6, 6.07) is 7.69. The first-order valence-corrected chi connectivity index (χ1v) is 19.6. The number of hydrogen-bond donors (Lipinski definition) is 1. The summed E-state index contributed by atoms with van der Waals surface area (Å²) in [5.41, 5.74) is 3.01. The average Bonchev–Trinajstić information content (AvgIpc) is 3.49. The van der Waals surface area contributed by atoms with Crippen molar-refractivity contribution in [1.29, 1.82) is 0 Å². The summed E-state index contributed by atoms with van der Waals surface area (Å²) >= 11 is 6.02. The Morgan fingerprint density at radius 1 is 0.940 bits per heavy atom. The first-order chi connectivity index (χ1) is 23.4. The third kappa shape index (κ3) is 5.58. The first kappa shape index (κ1) is 35.7. The quantitative estimate of drug-likeness (QED) is 0.228. The molecule has 8 heteroatoms. The van der Waals surface area contributed by atoms with Crippen LogP contribution in [-0.2, 0) is 27.3 Å². The molecular weight excluding hydrogens is 646 g/mol. The lowest BCUT2D eigenvalue weighted by Gasteiger charge is -2.71. The minimum Gasteiger partial charge on any atom is -0.481 e. The molecule has 1 aromatic carbocycles. The zero-order valence-electron chi connectivity index (χ0n) is 31.4. The number of esters is 1. The number of hydrogen-bond acceptors (Lipinski definition) is 5. The maximum absolute atomic E-state index is 13.3. The summed E-state index contributed by atoms with van der Waals surface area (Å²) < 4.78 is 8.13. The van der Waals surface area contributed by atoms with Gasteiger partial charge in [0, 0.05) is 23.1 Å². The Morgan fingerprint density at radius 2 is 1.66 bits per heavy atom. The zero-order chi connectivity index (χ0) is 35.9. The summed E-state index contributed by atoms with van der Waals surface area (Å²) in [5.74, 6) is 0.366. The van der Waals surface area contributed by atoms with E-state index in [1.165, 1.54) is 5.57 Å². The third-order valence-corrected chi connectivity index (χ3v) is 16.0. The van der Waals surface area contributed by atoms with E-state index in [-0.39, 0.29) is 51.5 Å². The minimum atomic E-state index is -0.608. The van der Waals surface area contributed by atoms with Gasteiger partial charge in [-0.05, 0) is 121 Å². The molecule has 4 fully saturated rings. The van der Waals surface area contributed by atoms with Gasteiger partial charge in [-0.2, -0.15) is 0 Å². The fourth-order valence-electron chi connectivity index (χ4n) is 12.6. The standard InChI is InChI=1S/C42H58ClN3O4/c1-37(2)20-22-42(36(48)49)23-21-40(6)30(31(42)24-37)13-14-33-39(5)18-17-34(38(3,4)32(39)16-19-41(33,40)7)50-35(47)15-12-29-26-46(45-44-29)25-27-8-10-28(43)11-9-27/h8-11,13,26,31-34H,12,14-25H2,1-7H3,(H,48,49)/t31-,32-,33+,34-,39-,40+,41+,42-/m0/s1. The van der Waals surface area contributed by atoms with Crippen LogP contribution >= 0.6 is 11.6 Å². The number of halogens is 1. The molecule has 0 aliphatic heterocycles. The van der Waals surface area contributed by atoms with Crippen molar-refractivity contribution in [3.63, 3.8) is 0 Å². The predicted octanol–water partition coefficient (Wildman–Crippen LogP) is 9.71. The summed E-state index contributed by atoms with van der Waals surface area (Å²) in [5, 5.41) is 20.0. The van der Waals surface area contributed by atoms with E-state index in [0.717, 1.165) is 75.5 Å². The normalized spacial score (nSPS) is 38.4. The number of ether oxygens (including phenoxy) is 1. The van der Waals surface area contributed by atoms with E-state index in [9.17, 15) is 14.7 Å². The van der Waals surface area contributed by atoms with E-state index in [4.69, 9.17) is 16.3 Å². The molecule has 0 unspecified atom stereocenters. The maximum atomic E-state index is 13.3. The molecule has 7 rings (SSSR count). The lowest BCUT2D eigenvalue weighted by atomic mass is 9.33. The number of carbonyl (C=O) groups is 2. The van der Waals surface area contributed by atoms with E-state index in [1.54, 1.807) is 4.68 Å². The second kappa shape index (κ2) is 12.2. The van der Waals surface area contributed by atoms with E-state index in [0.29, 0.717) is 29.8 Å². The van der Waals surface area contributed by atoms with Gasteiger partial charge in [-0.15, -0.1) is 5.10 Å². The Bertz CT molecular complexity index is 1680. The number of carboxylic acids is 1. The Balaban J connectivity index is 1.04. The Hall–Kier alpha value is -2.67. The highest BCUT2D eigenvalue weighted by Crippen LogP contribution is 2.75. The maximum Gasteiger partial charge on any atom is 0.310 e. The van der Waals surface area contributed by atoms with E-state index in [1.807, 2.05) is 30.5 Å². The lowest BCUT2D eigenvalue weighted by molar-refractivity contribution is -0.213. The van der Waals surface area contributed by atoms with Crippen molar-refractivity contribution < 1.29 is 19.4 Å². The number of carboxylic acid groups (broad SMARTS) is 1. The van der Waals surface area contributed by atoms with Crippen molar-refractivity contribution in [2.75, 3.05) is 0 Å². The molecule has 5 aliphatic rings. The number of aromatic nitrogens is 3. The van der Waals surface area contributed by atoms with Gasteiger partial charge >= 0.3 is 11.9 Å². The number of aliphatic carboxylic acids is 1. The second-order valence-corrected chi connectivity index (χ2v) is 19.5. The summed E-state index contributed by atoms with van der Waals surface area (Å²) in [6.07, 6.45) is 14.9. The molecule has 0 radical (unpaired) electrons. The van der Waals surface area contributed by atoms with Gasteiger partial charge in [-0.25, -0.2) is 4.68 Å². The highest BCUT2D eigenvalue weighted by Gasteiger charge is 2.69. The molecule has 50 heavy (non-hydrogen) atoms. The number of nitrogens with zero attached hydrogens (tertiary/aromatic N) is 3. The van der Waals surface area contributed by atoms with E-state index in [2.05, 4.69) is 64.9 Å². The van der Waals surface area contributed by atoms with Crippen LogP contribution < -0.4 is 0 Å². The number of fused-ring (bicyclic) bond motifs is 7. The van der Waals surface area contributed by atoms with Crippen molar-refractivity contribution in [2.45, 2.75) is 138 Å². The van der Waals surface area contributed by atoms with Crippen LogP contribution in [-0.4, -0.2) is 38.1 Å². The summed E-state index contributed by atoms with van der Waals surface area (Å²) in [4.78, 5) is 26.3. The Morgan fingerprint density at radius 3 is 2.38 bits per heavy atom. The van der Waals surface area contributed by atoms with Crippen molar-refractivity contribution in [1.82, 2.24) is 15.0 Å². The van der Waals surface area contributed by atoms with Gasteiger partial charge < -0.3 is 9.84 Å². The number of rotatable bonds is 7. The predicted molar refractivity (Wildman–Crippen MR) is 195 cm³/mol. The molecule has 0 saturated heterocycles. The topological polar surface area (TPSA) is 94.3 Å². The number of carbonyl (C=O) groups excluding carboxylic acids is 1. The smallest absolute Gasteiger partial charge is 0.310 e. The van der Waals surface area contributed by atoms with Crippen molar-refractivity contribution in [2.24, 2.45) is 50.2 Å². The number of benzene rings is 1. The van der Waals surface area contributed by atoms with Gasteiger partial charge in [0.1, 0.15) is 6.10 Å². The van der Waals surface area contributed by atoms with Gasteiger partial charge in [-0.3, -0.25) is 9.59 Å². The van der Waals surface area contributed by atoms with E-state index >= 15 is 0 Å². The lowest BCUT2D eigenvalue weighted by Crippen LogP contribution is -2.65. The molecule has 4 saturated carbocycles.